The van der Waals surface area contributed by atoms with Crippen LogP contribution in [0.3, 0.4) is 0 Å². The van der Waals surface area contributed by atoms with Crippen molar-refractivity contribution >= 4 is 11.9 Å². The Morgan fingerprint density at radius 2 is 1.86 bits per heavy atom. The number of hydrogen-bond acceptors (Lipinski definition) is 2. The topological polar surface area (TPSA) is 74.6 Å². The van der Waals surface area contributed by atoms with Crippen molar-refractivity contribution in [3.05, 3.63) is 11.6 Å². The summed E-state index contributed by atoms with van der Waals surface area (Å²) in [5.74, 6) is -3.53. The van der Waals surface area contributed by atoms with Gasteiger partial charge in [-0.05, 0) is 26.2 Å². The molecule has 0 spiro atoms. The van der Waals surface area contributed by atoms with Crippen molar-refractivity contribution < 1.29 is 19.8 Å². The Labute approximate surface area is 82.2 Å². The highest BCUT2D eigenvalue weighted by atomic mass is 16.4. The minimum atomic E-state index is -1.01. The fraction of sp³-hybridized carbons (Fsp3) is 0.600. The second-order valence-electron chi connectivity index (χ2n) is 3.72. The molecule has 0 bridgehead atoms. The van der Waals surface area contributed by atoms with E-state index in [1.807, 2.05) is 13.0 Å². The molecule has 1 rings (SSSR count). The van der Waals surface area contributed by atoms with Crippen LogP contribution in [0.5, 0.6) is 0 Å². The molecule has 1 aliphatic rings. The number of carbonyl (C=O) groups is 2. The fourth-order valence-electron chi connectivity index (χ4n) is 1.84. The minimum Gasteiger partial charge on any atom is -0.481 e. The van der Waals surface area contributed by atoms with E-state index in [0.717, 1.165) is 5.57 Å². The van der Waals surface area contributed by atoms with E-state index in [2.05, 4.69) is 0 Å². The van der Waals surface area contributed by atoms with Gasteiger partial charge >= 0.3 is 11.9 Å². The third-order valence-corrected chi connectivity index (χ3v) is 2.63. The van der Waals surface area contributed by atoms with E-state index in [9.17, 15) is 9.59 Å². The fourth-order valence-corrected chi connectivity index (χ4v) is 1.84. The number of carboxylic acids is 2. The lowest BCUT2D eigenvalue weighted by Crippen LogP contribution is -2.29. The van der Waals surface area contributed by atoms with E-state index >= 15 is 0 Å². The summed E-state index contributed by atoms with van der Waals surface area (Å²) in [5.41, 5.74) is 0.973. The summed E-state index contributed by atoms with van der Waals surface area (Å²) in [5, 5.41) is 17.8. The van der Waals surface area contributed by atoms with Crippen LogP contribution < -0.4 is 0 Å². The van der Waals surface area contributed by atoms with Crippen LogP contribution in [0.15, 0.2) is 11.6 Å². The maximum absolute atomic E-state index is 10.9. The van der Waals surface area contributed by atoms with Crippen LogP contribution in [0.1, 0.15) is 26.2 Å². The number of aliphatic carboxylic acids is 2. The van der Waals surface area contributed by atoms with Crippen LogP contribution >= 0.6 is 0 Å². The van der Waals surface area contributed by atoms with E-state index in [-0.39, 0.29) is 0 Å². The van der Waals surface area contributed by atoms with Crippen molar-refractivity contribution in [2.45, 2.75) is 26.2 Å². The van der Waals surface area contributed by atoms with Gasteiger partial charge in [0.05, 0.1) is 11.8 Å². The summed E-state index contributed by atoms with van der Waals surface area (Å²) in [4.78, 5) is 21.7. The maximum atomic E-state index is 10.9. The Kier molecular flexibility index (Phi) is 3.28. The molecule has 2 N–H and O–H groups in total. The van der Waals surface area contributed by atoms with Gasteiger partial charge < -0.3 is 10.2 Å². The van der Waals surface area contributed by atoms with Crippen molar-refractivity contribution in [2.24, 2.45) is 11.8 Å². The summed E-state index contributed by atoms with van der Waals surface area (Å²) in [6, 6.07) is 0. The number of carboxylic acid groups (broad SMARTS) is 2. The van der Waals surface area contributed by atoms with Gasteiger partial charge in [-0.3, -0.25) is 9.59 Å². The predicted octanol–water partition coefficient (Wildman–Crippen LogP) is 1.52. The summed E-state index contributed by atoms with van der Waals surface area (Å²) in [7, 11) is 0. The second-order valence-corrected chi connectivity index (χ2v) is 3.72. The average Bonchev–Trinajstić information content (AvgIpc) is 2.26. The first-order valence-electron chi connectivity index (χ1n) is 4.63. The second kappa shape index (κ2) is 4.26. The number of hydrogen-bond donors (Lipinski definition) is 2. The molecule has 4 heteroatoms. The van der Waals surface area contributed by atoms with Gasteiger partial charge in [0.15, 0.2) is 0 Å². The van der Waals surface area contributed by atoms with E-state index in [4.69, 9.17) is 10.2 Å². The third kappa shape index (κ3) is 2.34. The van der Waals surface area contributed by atoms with Crippen molar-refractivity contribution in [1.29, 1.82) is 0 Å². The zero-order chi connectivity index (χ0) is 10.7. The summed E-state index contributed by atoms with van der Waals surface area (Å²) in [6.07, 6.45) is 3.36. The lowest BCUT2D eigenvalue weighted by Gasteiger charge is -2.17. The summed E-state index contributed by atoms with van der Waals surface area (Å²) < 4.78 is 0. The van der Waals surface area contributed by atoms with Gasteiger partial charge in [-0.2, -0.15) is 0 Å². The van der Waals surface area contributed by atoms with Crippen LogP contribution in [-0.4, -0.2) is 22.2 Å². The average molecular weight is 198 g/mol. The predicted molar refractivity (Wildman–Crippen MR) is 49.9 cm³/mol. The van der Waals surface area contributed by atoms with Gasteiger partial charge in [0, 0.05) is 0 Å². The van der Waals surface area contributed by atoms with Gasteiger partial charge in [-0.25, -0.2) is 0 Å². The molecule has 0 aromatic rings. The van der Waals surface area contributed by atoms with E-state index in [1.54, 1.807) is 0 Å². The van der Waals surface area contributed by atoms with Gasteiger partial charge in [-0.1, -0.05) is 11.6 Å². The normalized spacial score (nSPS) is 27.6. The molecule has 0 saturated carbocycles. The maximum Gasteiger partial charge on any atom is 0.307 e. The molecule has 78 valence electrons. The lowest BCUT2D eigenvalue weighted by molar-refractivity contribution is -0.153. The highest BCUT2D eigenvalue weighted by Crippen LogP contribution is 2.29. The monoisotopic (exact) mass is 198 g/mol. The molecular weight excluding hydrogens is 184 g/mol. The Morgan fingerprint density at radius 1 is 1.29 bits per heavy atom. The Balaban J connectivity index is 2.85. The van der Waals surface area contributed by atoms with Gasteiger partial charge in [-0.15, -0.1) is 0 Å². The van der Waals surface area contributed by atoms with Crippen LogP contribution in [0.2, 0.25) is 0 Å². The zero-order valence-electron chi connectivity index (χ0n) is 8.06. The van der Waals surface area contributed by atoms with Crippen molar-refractivity contribution in [1.82, 2.24) is 0 Å². The Hall–Kier alpha value is -1.32. The molecule has 0 fully saturated rings. The zero-order valence-corrected chi connectivity index (χ0v) is 8.06. The molecule has 2 unspecified atom stereocenters. The van der Waals surface area contributed by atoms with Crippen LogP contribution in [0, 0.1) is 11.8 Å². The van der Waals surface area contributed by atoms with Crippen molar-refractivity contribution in [2.75, 3.05) is 0 Å². The van der Waals surface area contributed by atoms with E-state index < -0.39 is 23.8 Å². The van der Waals surface area contributed by atoms with Crippen molar-refractivity contribution in [3.8, 4) is 0 Å². The van der Waals surface area contributed by atoms with E-state index in [1.165, 1.54) is 0 Å². The molecule has 1 aliphatic carbocycles. The molecule has 0 saturated heterocycles. The Bertz CT molecular complexity index is 280. The molecule has 0 amide bonds. The highest BCUT2D eigenvalue weighted by Gasteiger charge is 2.34. The first-order valence-corrected chi connectivity index (χ1v) is 4.63. The standard InChI is InChI=1S/C10H14O4/c1-6-3-2-4-7(9(11)12)8(5-6)10(13)14/h3,7-8H,2,4-5H2,1H3,(H,11,12)(H,13,14). The summed E-state index contributed by atoms with van der Waals surface area (Å²) >= 11 is 0. The first-order chi connectivity index (χ1) is 6.52. The Morgan fingerprint density at radius 3 is 2.36 bits per heavy atom. The van der Waals surface area contributed by atoms with Crippen LogP contribution in [0.25, 0.3) is 0 Å². The summed E-state index contributed by atoms with van der Waals surface area (Å²) in [6.45, 7) is 1.85. The molecule has 4 nitrogen and oxygen atoms in total. The highest BCUT2D eigenvalue weighted by molar-refractivity contribution is 5.80. The van der Waals surface area contributed by atoms with Gasteiger partial charge in [0.25, 0.3) is 0 Å². The number of allylic oxidation sites excluding steroid dienone is 2. The van der Waals surface area contributed by atoms with Crippen LogP contribution in [-0.2, 0) is 9.59 Å². The minimum absolute atomic E-state index is 0.353. The van der Waals surface area contributed by atoms with Crippen molar-refractivity contribution in [3.63, 3.8) is 0 Å². The molecule has 0 aromatic carbocycles. The van der Waals surface area contributed by atoms with Crippen LogP contribution in [0.4, 0.5) is 0 Å². The molecular formula is C10H14O4. The third-order valence-electron chi connectivity index (χ3n) is 2.63. The van der Waals surface area contributed by atoms with Gasteiger partial charge in [0.1, 0.15) is 0 Å². The van der Waals surface area contributed by atoms with E-state index in [0.29, 0.717) is 19.3 Å². The number of rotatable bonds is 2. The van der Waals surface area contributed by atoms with Gasteiger partial charge in [0.2, 0.25) is 0 Å². The molecule has 2 atom stereocenters. The lowest BCUT2D eigenvalue weighted by atomic mass is 9.87. The first kappa shape index (κ1) is 10.8. The molecule has 0 aromatic heterocycles. The molecule has 14 heavy (non-hydrogen) atoms. The largest absolute Gasteiger partial charge is 0.481 e. The molecule has 0 heterocycles. The SMILES string of the molecule is CC1=CCCC(C(=O)O)C(C(=O)O)C1. The quantitative estimate of drug-likeness (QED) is 0.659. The molecule has 0 aliphatic heterocycles. The smallest absolute Gasteiger partial charge is 0.307 e. The molecule has 0 radical (unpaired) electrons.